The highest BCUT2D eigenvalue weighted by Crippen LogP contribution is 2.28. The molecule has 0 spiro atoms. The van der Waals surface area contributed by atoms with E-state index in [1.165, 1.54) is 30.6 Å². The van der Waals surface area contributed by atoms with Crippen molar-refractivity contribution in [1.29, 1.82) is 0 Å². The molecule has 1 aliphatic heterocycles. The summed E-state index contributed by atoms with van der Waals surface area (Å²) in [5, 5.41) is 8.48. The van der Waals surface area contributed by atoms with Crippen molar-refractivity contribution in [1.82, 2.24) is 24.6 Å². The predicted molar refractivity (Wildman–Crippen MR) is 98.4 cm³/mol. The predicted octanol–water partition coefficient (Wildman–Crippen LogP) is 3.21. The molecule has 0 N–H and O–H groups in total. The van der Waals surface area contributed by atoms with E-state index in [1.54, 1.807) is 0 Å². The molecule has 1 aliphatic carbocycles. The third-order valence-electron chi connectivity index (χ3n) is 5.75. The Bertz CT molecular complexity index is 908. The maximum absolute atomic E-state index is 4.94. The fourth-order valence-electron chi connectivity index (χ4n) is 4.03. The molecule has 0 amide bonds. The van der Waals surface area contributed by atoms with Gasteiger partial charge in [-0.15, -0.1) is 0 Å². The van der Waals surface area contributed by atoms with Crippen LogP contribution in [0.3, 0.4) is 0 Å². The zero-order chi connectivity index (χ0) is 16.8. The highest BCUT2D eigenvalue weighted by Gasteiger charge is 2.27. The molecular formula is C20H23N5. The Morgan fingerprint density at radius 1 is 1.00 bits per heavy atom. The first kappa shape index (κ1) is 15.0. The fourth-order valence-corrected chi connectivity index (χ4v) is 4.03. The van der Waals surface area contributed by atoms with E-state index in [0.717, 1.165) is 54.6 Å². The van der Waals surface area contributed by atoms with Gasteiger partial charge in [-0.05, 0) is 44.0 Å². The van der Waals surface area contributed by atoms with Gasteiger partial charge >= 0.3 is 0 Å². The molecule has 5 heteroatoms. The van der Waals surface area contributed by atoms with Crippen LogP contribution in [-0.4, -0.2) is 43.8 Å². The van der Waals surface area contributed by atoms with Crippen LogP contribution in [0.2, 0.25) is 0 Å². The third kappa shape index (κ3) is 2.63. The largest absolute Gasteiger partial charge is 0.327 e. The van der Waals surface area contributed by atoms with Crippen LogP contribution in [0.1, 0.15) is 30.8 Å². The number of aromatic nitrogens is 4. The molecule has 3 aromatic rings. The summed E-state index contributed by atoms with van der Waals surface area (Å²) in [6, 6.07) is 11.3. The topological polar surface area (TPSA) is 46.8 Å². The van der Waals surface area contributed by atoms with E-state index >= 15 is 0 Å². The maximum atomic E-state index is 4.94. The van der Waals surface area contributed by atoms with Crippen LogP contribution in [0.15, 0.2) is 30.3 Å². The first-order valence-corrected chi connectivity index (χ1v) is 9.32. The van der Waals surface area contributed by atoms with Gasteiger partial charge in [-0.25, -0.2) is 4.98 Å². The molecule has 0 atom stereocenters. The lowest BCUT2D eigenvalue weighted by Gasteiger charge is -2.36. The van der Waals surface area contributed by atoms with E-state index < -0.39 is 0 Å². The quantitative estimate of drug-likeness (QED) is 0.722. The summed E-state index contributed by atoms with van der Waals surface area (Å²) in [5.41, 5.74) is 5.26. The van der Waals surface area contributed by atoms with Crippen molar-refractivity contribution in [2.75, 3.05) is 13.1 Å². The highest BCUT2D eigenvalue weighted by atomic mass is 15.2. The number of fused-ring (bicyclic) bond motifs is 3. The number of benzene rings is 1. The van der Waals surface area contributed by atoms with Crippen molar-refractivity contribution in [3.63, 3.8) is 0 Å². The Kier molecular flexibility index (Phi) is 3.55. The standard InChI is InChI=1S/C20H23N5/c1-14-5-7-17(23-22-14)15-6-8-19-18(13-15)21-20-9-10-24(11-12-25(19)20)16-3-2-4-16/h5-8,13,16H,2-4,9-12H2,1H3. The van der Waals surface area contributed by atoms with Gasteiger partial charge in [0, 0.05) is 37.7 Å². The van der Waals surface area contributed by atoms with Crippen LogP contribution < -0.4 is 0 Å². The van der Waals surface area contributed by atoms with E-state index in [2.05, 4.69) is 37.9 Å². The Labute approximate surface area is 147 Å². The molecule has 2 aliphatic rings. The second kappa shape index (κ2) is 5.92. The van der Waals surface area contributed by atoms with Crippen molar-refractivity contribution >= 4 is 11.0 Å². The summed E-state index contributed by atoms with van der Waals surface area (Å²) < 4.78 is 2.42. The van der Waals surface area contributed by atoms with Gasteiger partial charge in [0.05, 0.1) is 22.4 Å². The lowest BCUT2D eigenvalue weighted by atomic mass is 9.91. The molecule has 1 saturated carbocycles. The van der Waals surface area contributed by atoms with Crippen LogP contribution in [0, 0.1) is 6.92 Å². The number of nitrogens with zero attached hydrogens (tertiary/aromatic N) is 5. The van der Waals surface area contributed by atoms with Gasteiger partial charge in [-0.3, -0.25) is 4.90 Å². The van der Waals surface area contributed by atoms with Gasteiger partial charge in [0.15, 0.2) is 0 Å². The van der Waals surface area contributed by atoms with Gasteiger partial charge in [0.2, 0.25) is 0 Å². The molecule has 0 unspecified atom stereocenters. The molecule has 2 aromatic heterocycles. The minimum atomic E-state index is 0.822. The average molecular weight is 333 g/mol. The Balaban J connectivity index is 1.46. The monoisotopic (exact) mass is 333 g/mol. The molecule has 3 heterocycles. The molecule has 5 rings (SSSR count). The number of imidazole rings is 1. The van der Waals surface area contributed by atoms with E-state index in [0.29, 0.717) is 0 Å². The van der Waals surface area contributed by atoms with Gasteiger partial charge in [-0.1, -0.05) is 12.5 Å². The lowest BCUT2D eigenvalue weighted by molar-refractivity contribution is 0.130. The molecule has 5 nitrogen and oxygen atoms in total. The van der Waals surface area contributed by atoms with Gasteiger partial charge < -0.3 is 4.57 Å². The van der Waals surface area contributed by atoms with Crippen molar-refractivity contribution in [2.24, 2.45) is 0 Å². The van der Waals surface area contributed by atoms with Crippen molar-refractivity contribution in [3.8, 4) is 11.3 Å². The first-order valence-electron chi connectivity index (χ1n) is 9.32. The molecule has 0 saturated heterocycles. The molecular weight excluding hydrogens is 310 g/mol. The van der Waals surface area contributed by atoms with Crippen LogP contribution in [0.4, 0.5) is 0 Å². The zero-order valence-electron chi connectivity index (χ0n) is 14.6. The molecule has 1 fully saturated rings. The normalized spacial score (nSPS) is 18.8. The minimum Gasteiger partial charge on any atom is -0.327 e. The smallest absolute Gasteiger partial charge is 0.111 e. The van der Waals surface area contributed by atoms with Crippen molar-refractivity contribution < 1.29 is 0 Å². The Morgan fingerprint density at radius 3 is 2.68 bits per heavy atom. The average Bonchev–Trinajstić information content (AvgIpc) is 2.80. The number of aryl methyl sites for hydroxylation is 1. The maximum Gasteiger partial charge on any atom is 0.111 e. The van der Waals surface area contributed by atoms with E-state index in [9.17, 15) is 0 Å². The highest BCUT2D eigenvalue weighted by molar-refractivity contribution is 5.81. The Hall–Kier alpha value is -2.27. The lowest BCUT2D eigenvalue weighted by Crippen LogP contribution is -2.41. The second-order valence-electron chi connectivity index (χ2n) is 7.31. The molecule has 0 radical (unpaired) electrons. The third-order valence-corrected chi connectivity index (χ3v) is 5.75. The SMILES string of the molecule is Cc1ccc(-c2ccc3c(c2)nc2n3CCN(C3CCC3)CC2)nn1. The van der Waals surface area contributed by atoms with E-state index in [4.69, 9.17) is 4.98 Å². The summed E-state index contributed by atoms with van der Waals surface area (Å²) >= 11 is 0. The fraction of sp³-hybridized carbons (Fsp3) is 0.450. The number of hydrogen-bond donors (Lipinski definition) is 0. The summed E-state index contributed by atoms with van der Waals surface area (Å²) in [4.78, 5) is 7.61. The molecule has 1 aromatic carbocycles. The van der Waals surface area contributed by atoms with Crippen LogP contribution in [-0.2, 0) is 13.0 Å². The molecule has 0 bridgehead atoms. The van der Waals surface area contributed by atoms with Crippen LogP contribution >= 0.6 is 0 Å². The van der Waals surface area contributed by atoms with Crippen molar-refractivity contribution in [3.05, 3.63) is 41.9 Å². The summed E-state index contributed by atoms with van der Waals surface area (Å²) in [5.74, 6) is 1.23. The van der Waals surface area contributed by atoms with Crippen LogP contribution in [0.25, 0.3) is 22.3 Å². The van der Waals surface area contributed by atoms with Gasteiger partial charge in [-0.2, -0.15) is 10.2 Å². The Morgan fingerprint density at radius 2 is 1.92 bits per heavy atom. The van der Waals surface area contributed by atoms with Gasteiger partial charge in [0.25, 0.3) is 0 Å². The molecule has 25 heavy (non-hydrogen) atoms. The second-order valence-corrected chi connectivity index (χ2v) is 7.31. The van der Waals surface area contributed by atoms with E-state index in [1.807, 2.05) is 19.1 Å². The molecule has 128 valence electrons. The zero-order valence-corrected chi connectivity index (χ0v) is 14.6. The summed E-state index contributed by atoms with van der Waals surface area (Å²) in [6.45, 7) is 5.30. The number of hydrogen-bond acceptors (Lipinski definition) is 4. The van der Waals surface area contributed by atoms with Crippen molar-refractivity contribution in [2.45, 2.75) is 45.2 Å². The first-order chi connectivity index (χ1) is 12.3. The van der Waals surface area contributed by atoms with Crippen LogP contribution in [0.5, 0.6) is 0 Å². The number of rotatable bonds is 2. The minimum absolute atomic E-state index is 0.822. The van der Waals surface area contributed by atoms with E-state index in [-0.39, 0.29) is 0 Å². The summed E-state index contributed by atoms with van der Waals surface area (Å²) in [6.07, 6.45) is 5.21. The van der Waals surface area contributed by atoms with Gasteiger partial charge in [0.1, 0.15) is 5.82 Å². The summed E-state index contributed by atoms with van der Waals surface area (Å²) in [7, 11) is 0.